The molecule has 2 rings (SSSR count). The third-order valence-electron chi connectivity index (χ3n) is 4.63. The van der Waals surface area contributed by atoms with E-state index < -0.39 is 0 Å². The van der Waals surface area contributed by atoms with Gasteiger partial charge in [0.25, 0.3) is 0 Å². The van der Waals surface area contributed by atoms with Gasteiger partial charge >= 0.3 is 0 Å². The molecule has 0 heterocycles. The summed E-state index contributed by atoms with van der Waals surface area (Å²) < 4.78 is 15.0. The summed E-state index contributed by atoms with van der Waals surface area (Å²) in [6.45, 7) is 5.72. The molecule has 0 aromatic heterocycles. The van der Waals surface area contributed by atoms with E-state index in [4.69, 9.17) is 0 Å². The molecule has 2 unspecified atom stereocenters. The minimum Gasteiger partial charge on any atom is -0.319 e. The molecule has 1 aliphatic rings. The minimum absolute atomic E-state index is 0.0696. The molecule has 1 nitrogen and oxygen atoms in total. The predicted molar refractivity (Wildman–Crippen MR) is 86.3 cm³/mol. The van der Waals surface area contributed by atoms with E-state index in [0.717, 1.165) is 23.0 Å². The van der Waals surface area contributed by atoms with Crippen LogP contribution in [0.3, 0.4) is 0 Å². The highest BCUT2D eigenvalue weighted by atomic mass is 79.9. The Kier molecular flexibility index (Phi) is 5.25. The predicted octanol–water partition coefficient (Wildman–Crippen LogP) is 4.79. The number of benzene rings is 1. The van der Waals surface area contributed by atoms with E-state index in [1.807, 2.05) is 13.1 Å². The van der Waals surface area contributed by atoms with Gasteiger partial charge in [-0.1, -0.05) is 29.8 Å². The average Bonchev–Trinajstić information content (AvgIpc) is 2.37. The van der Waals surface area contributed by atoms with Crippen LogP contribution in [0, 0.1) is 23.1 Å². The molecule has 0 bridgehead atoms. The molecule has 1 N–H and O–H groups in total. The fourth-order valence-electron chi connectivity index (χ4n) is 3.54. The molecule has 2 atom stereocenters. The first-order valence-electron chi connectivity index (χ1n) is 7.50. The third-order valence-corrected chi connectivity index (χ3v) is 5.12. The van der Waals surface area contributed by atoms with E-state index >= 15 is 0 Å². The van der Waals surface area contributed by atoms with Crippen LogP contribution < -0.4 is 5.32 Å². The van der Waals surface area contributed by atoms with Gasteiger partial charge in [0.2, 0.25) is 0 Å². The summed E-state index contributed by atoms with van der Waals surface area (Å²) in [5.41, 5.74) is 1.24. The Morgan fingerprint density at radius 1 is 1.35 bits per heavy atom. The second-order valence-electron chi connectivity index (χ2n) is 6.92. The van der Waals surface area contributed by atoms with Gasteiger partial charge in [-0.15, -0.1) is 0 Å². The first-order chi connectivity index (χ1) is 9.41. The number of nitrogens with one attached hydrogen (secondary N) is 1. The summed E-state index contributed by atoms with van der Waals surface area (Å²) in [5.74, 6) is 1.15. The molecule has 1 fully saturated rings. The van der Waals surface area contributed by atoms with Crippen molar-refractivity contribution in [1.29, 1.82) is 0 Å². The van der Waals surface area contributed by atoms with E-state index in [1.54, 1.807) is 12.1 Å². The third kappa shape index (κ3) is 4.05. The largest absolute Gasteiger partial charge is 0.319 e. The van der Waals surface area contributed by atoms with Gasteiger partial charge in [-0.3, -0.25) is 0 Å². The molecule has 0 spiro atoms. The number of rotatable bonds is 4. The second-order valence-corrected chi connectivity index (χ2v) is 7.84. The first-order valence-corrected chi connectivity index (χ1v) is 8.29. The van der Waals surface area contributed by atoms with Crippen molar-refractivity contribution in [2.75, 3.05) is 13.6 Å². The molecule has 3 heteroatoms. The lowest BCUT2D eigenvalue weighted by Gasteiger charge is -2.41. The minimum atomic E-state index is -0.0696. The normalized spacial score (nSPS) is 25.6. The molecule has 0 aliphatic heterocycles. The number of hydrogen-bond donors (Lipinski definition) is 1. The first kappa shape index (κ1) is 16.0. The van der Waals surface area contributed by atoms with Crippen molar-refractivity contribution in [3.8, 4) is 0 Å². The maximum Gasteiger partial charge on any atom is 0.126 e. The standard InChI is InChI=1S/C17H25BrFN/c1-17(2)7-6-12(11-20-3)14(10-17)8-13-9-15(18)4-5-16(13)19/h4-5,9,12,14,20H,6-8,10-11H2,1-3H3. The lowest BCUT2D eigenvalue weighted by molar-refractivity contribution is 0.116. The topological polar surface area (TPSA) is 12.0 Å². The zero-order valence-corrected chi connectivity index (χ0v) is 14.3. The van der Waals surface area contributed by atoms with E-state index in [9.17, 15) is 4.39 Å². The molecule has 1 saturated carbocycles. The lowest BCUT2D eigenvalue weighted by Crippen LogP contribution is -2.36. The molecular weight excluding hydrogens is 317 g/mol. The van der Waals surface area contributed by atoms with Gasteiger partial charge in [0.05, 0.1) is 0 Å². The smallest absolute Gasteiger partial charge is 0.126 e. The van der Waals surface area contributed by atoms with Gasteiger partial charge in [-0.05, 0) is 80.3 Å². The van der Waals surface area contributed by atoms with Crippen LogP contribution in [-0.2, 0) is 6.42 Å². The molecule has 0 radical (unpaired) electrons. The molecule has 1 aromatic carbocycles. The van der Waals surface area contributed by atoms with Gasteiger partial charge in [-0.2, -0.15) is 0 Å². The molecule has 20 heavy (non-hydrogen) atoms. The zero-order chi connectivity index (χ0) is 14.8. The number of halogens is 2. The van der Waals surface area contributed by atoms with Gasteiger partial charge in [0, 0.05) is 4.47 Å². The van der Waals surface area contributed by atoms with Crippen LogP contribution in [-0.4, -0.2) is 13.6 Å². The van der Waals surface area contributed by atoms with Crippen molar-refractivity contribution in [3.05, 3.63) is 34.1 Å². The molecule has 1 aliphatic carbocycles. The van der Waals surface area contributed by atoms with Crippen LogP contribution in [0.1, 0.15) is 38.7 Å². The quantitative estimate of drug-likeness (QED) is 0.829. The van der Waals surface area contributed by atoms with Gasteiger partial charge < -0.3 is 5.32 Å². The van der Waals surface area contributed by atoms with Crippen LogP contribution in [0.15, 0.2) is 22.7 Å². The van der Waals surface area contributed by atoms with Crippen LogP contribution in [0.5, 0.6) is 0 Å². The Morgan fingerprint density at radius 2 is 2.10 bits per heavy atom. The van der Waals surface area contributed by atoms with Gasteiger partial charge in [0.1, 0.15) is 5.82 Å². The fourth-order valence-corrected chi connectivity index (χ4v) is 3.95. The fraction of sp³-hybridized carbons (Fsp3) is 0.647. The maximum atomic E-state index is 14.0. The number of hydrogen-bond acceptors (Lipinski definition) is 1. The Balaban J connectivity index is 2.16. The highest BCUT2D eigenvalue weighted by Crippen LogP contribution is 2.43. The Bertz CT molecular complexity index is 458. The van der Waals surface area contributed by atoms with E-state index in [-0.39, 0.29) is 5.82 Å². The molecule has 0 saturated heterocycles. The molecular formula is C17H25BrFN. The lowest BCUT2D eigenvalue weighted by atomic mass is 9.65. The maximum absolute atomic E-state index is 14.0. The molecule has 1 aromatic rings. The van der Waals surface area contributed by atoms with Gasteiger partial charge in [0.15, 0.2) is 0 Å². The van der Waals surface area contributed by atoms with Crippen molar-refractivity contribution in [2.24, 2.45) is 17.3 Å². The summed E-state index contributed by atoms with van der Waals surface area (Å²) in [4.78, 5) is 0. The summed E-state index contributed by atoms with van der Waals surface area (Å²) in [6.07, 6.45) is 4.55. The highest BCUT2D eigenvalue weighted by Gasteiger charge is 2.34. The zero-order valence-electron chi connectivity index (χ0n) is 12.7. The van der Waals surface area contributed by atoms with Crippen molar-refractivity contribution < 1.29 is 4.39 Å². The Hall–Kier alpha value is -0.410. The summed E-state index contributed by atoms with van der Waals surface area (Å²) in [7, 11) is 2.01. The highest BCUT2D eigenvalue weighted by molar-refractivity contribution is 9.10. The second kappa shape index (κ2) is 6.57. The van der Waals surface area contributed by atoms with Crippen molar-refractivity contribution in [1.82, 2.24) is 5.32 Å². The van der Waals surface area contributed by atoms with Crippen molar-refractivity contribution in [3.63, 3.8) is 0 Å². The SMILES string of the molecule is CNCC1CCC(C)(C)CC1Cc1cc(Br)ccc1F. The van der Waals surface area contributed by atoms with Crippen molar-refractivity contribution in [2.45, 2.75) is 39.5 Å². The van der Waals surface area contributed by atoms with Crippen LogP contribution >= 0.6 is 15.9 Å². The van der Waals surface area contributed by atoms with E-state index in [0.29, 0.717) is 17.3 Å². The van der Waals surface area contributed by atoms with E-state index in [2.05, 4.69) is 35.1 Å². The summed E-state index contributed by atoms with van der Waals surface area (Å²) in [5, 5.41) is 3.30. The molecule has 0 amide bonds. The van der Waals surface area contributed by atoms with Gasteiger partial charge in [-0.25, -0.2) is 4.39 Å². The van der Waals surface area contributed by atoms with Crippen LogP contribution in [0.4, 0.5) is 4.39 Å². The van der Waals surface area contributed by atoms with E-state index in [1.165, 1.54) is 19.3 Å². The monoisotopic (exact) mass is 341 g/mol. The Morgan fingerprint density at radius 3 is 2.80 bits per heavy atom. The summed E-state index contributed by atoms with van der Waals surface area (Å²) >= 11 is 3.45. The summed E-state index contributed by atoms with van der Waals surface area (Å²) in [6, 6.07) is 5.28. The average molecular weight is 342 g/mol. The van der Waals surface area contributed by atoms with Crippen LogP contribution in [0.25, 0.3) is 0 Å². The Labute approximate surface area is 130 Å². The van der Waals surface area contributed by atoms with Crippen LogP contribution in [0.2, 0.25) is 0 Å². The van der Waals surface area contributed by atoms with Crippen molar-refractivity contribution >= 4 is 15.9 Å². The molecule has 112 valence electrons.